The van der Waals surface area contributed by atoms with Crippen LogP contribution in [-0.2, 0) is 17.8 Å². The van der Waals surface area contributed by atoms with Crippen molar-refractivity contribution in [3.8, 4) is 0 Å². The molecular formula is C18H31IN4O. The smallest absolute Gasteiger partial charge is 0.191 e. The number of halogens is 1. The number of nitrogens with one attached hydrogen (secondary N) is 2. The predicted molar refractivity (Wildman–Crippen MR) is 111 cm³/mol. The molecule has 1 aliphatic rings. The Morgan fingerprint density at radius 1 is 1.17 bits per heavy atom. The Morgan fingerprint density at radius 2 is 1.79 bits per heavy atom. The van der Waals surface area contributed by atoms with Crippen LogP contribution in [0.15, 0.2) is 29.3 Å². The van der Waals surface area contributed by atoms with Gasteiger partial charge in [0.1, 0.15) is 0 Å². The monoisotopic (exact) mass is 446 g/mol. The largest absolute Gasteiger partial charge is 0.379 e. The lowest BCUT2D eigenvalue weighted by atomic mass is 10.1. The summed E-state index contributed by atoms with van der Waals surface area (Å²) in [6.07, 6.45) is 0. The van der Waals surface area contributed by atoms with E-state index in [1.54, 1.807) is 7.05 Å². The lowest BCUT2D eigenvalue weighted by Crippen LogP contribution is -2.47. The highest BCUT2D eigenvalue weighted by Crippen LogP contribution is 2.13. The maximum atomic E-state index is 5.43. The molecule has 0 aliphatic carbocycles. The lowest BCUT2D eigenvalue weighted by molar-refractivity contribution is 0.0341. The minimum absolute atomic E-state index is 0. The van der Waals surface area contributed by atoms with E-state index in [0.29, 0.717) is 0 Å². The second-order valence-corrected chi connectivity index (χ2v) is 6.96. The molecule has 1 saturated heterocycles. The first-order valence-electron chi connectivity index (χ1n) is 8.33. The summed E-state index contributed by atoms with van der Waals surface area (Å²) >= 11 is 0. The van der Waals surface area contributed by atoms with Crippen LogP contribution in [0.25, 0.3) is 0 Å². The normalized spacial score (nSPS) is 16.4. The van der Waals surface area contributed by atoms with Gasteiger partial charge in [-0.2, -0.15) is 0 Å². The molecule has 0 radical (unpaired) electrons. The highest BCUT2D eigenvalue weighted by atomic mass is 127. The summed E-state index contributed by atoms with van der Waals surface area (Å²) < 4.78 is 5.43. The highest BCUT2D eigenvalue weighted by molar-refractivity contribution is 14.0. The Hall–Kier alpha value is -0.860. The van der Waals surface area contributed by atoms with Crippen molar-refractivity contribution in [2.45, 2.75) is 39.4 Å². The molecule has 0 spiro atoms. The van der Waals surface area contributed by atoms with Gasteiger partial charge in [0, 0.05) is 38.8 Å². The molecule has 1 aromatic carbocycles. The lowest BCUT2D eigenvalue weighted by Gasteiger charge is -2.28. The van der Waals surface area contributed by atoms with Crippen molar-refractivity contribution >= 4 is 29.9 Å². The van der Waals surface area contributed by atoms with Crippen LogP contribution < -0.4 is 10.6 Å². The Bertz CT molecular complexity index is 522. The van der Waals surface area contributed by atoms with Gasteiger partial charge >= 0.3 is 0 Å². The molecule has 1 aromatic rings. The SMILES string of the molecule is CN=C(NCc1ccccc1CN1CCOCC1)NC(C)(C)C.I. The maximum absolute atomic E-state index is 5.43. The zero-order chi connectivity index (χ0) is 16.7. The van der Waals surface area contributed by atoms with Crippen LogP contribution in [0.4, 0.5) is 0 Å². The number of nitrogens with zero attached hydrogens (tertiary/aromatic N) is 2. The van der Waals surface area contributed by atoms with Crippen molar-refractivity contribution in [2.75, 3.05) is 33.4 Å². The fraction of sp³-hybridized carbons (Fsp3) is 0.611. The van der Waals surface area contributed by atoms with E-state index in [1.807, 2.05) is 0 Å². The van der Waals surface area contributed by atoms with Crippen molar-refractivity contribution in [3.05, 3.63) is 35.4 Å². The summed E-state index contributed by atoms with van der Waals surface area (Å²) in [6, 6.07) is 8.61. The van der Waals surface area contributed by atoms with E-state index >= 15 is 0 Å². The van der Waals surface area contributed by atoms with Gasteiger partial charge in [0.05, 0.1) is 13.2 Å². The fourth-order valence-corrected chi connectivity index (χ4v) is 2.60. The number of hydrogen-bond donors (Lipinski definition) is 2. The summed E-state index contributed by atoms with van der Waals surface area (Å²) in [5, 5.41) is 6.80. The van der Waals surface area contributed by atoms with Crippen molar-refractivity contribution in [3.63, 3.8) is 0 Å². The molecule has 0 saturated carbocycles. The first-order chi connectivity index (χ1) is 11.0. The number of benzene rings is 1. The van der Waals surface area contributed by atoms with Crippen molar-refractivity contribution in [2.24, 2.45) is 4.99 Å². The van der Waals surface area contributed by atoms with E-state index in [1.165, 1.54) is 11.1 Å². The summed E-state index contributed by atoms with van der Waals surface area (Å²) in [5.41, 5.74) is 2.68. The Morgan fingerprint density at radius 3 is 2.38 bits per heavy atom. The van der Waals surface area contributed by atoms with Gasteiger partial charge in [0.25, 0.3) is 0 Å². The van der Waals surface area contributed by atoms with Crippen molar-refractivity contribution in [1.82, 2.24) is 15.5 Å². The molecular weight excluding hydrogens is 415 g/mol. The summed E-state index contributed by atoms with van der Waals surface area (Å²) in [5.74, 6) is 0.832. The van der Waals surface area contributed by atoms with Gasteiger partial charge in [-0.05, 0) is 31.9 Å². The number of morpholine rings is 1. The van der Waals surface area contributed by atoms with Crippen molar-refractivity contribution < 1.29 is 4.74 Å². The molecule has 1 heterocycles. The third-order valence-electron chi connectivity index (χ3n) is 3.78. The quantitative estimate of drug-likeness (QED) is 0.424. The molecule has 0 bridgehead atoms. The molecule has 0 amide bonds. The summed E-state index contributed by atoms with van der Waals surface area (Å²) in [7, 11) is 1.81. The third-order valence-corrected chi connectivity index (χ3v) is 3.78. The van der Waals surface area contributed by atoms with Crippen LogP contribution in [0.3, 0.4) is 0 Å². The number of guanidine groups is 1. The number of hydrogen-bond acceptors (Lipinski definition) is 3. The van der Waals surface area contributed by atoms with Crippen LogP contribution in [0, 0.1) is 0 Å². The molecule has 24 heavy (non-hydrogen) atoms. The minimum Gasteiger partial charge on any atom is -0.379 e. The van der Waals surface area contributed by atoms with E-state index in [-0.39, 0.29) is 29.5 Å². The van der Waals surface area contributed by atoms with Gasteiger partial charge in [0.2, 0.25) is 0 Å². The molecule has 2 N–H and O–H groups in total. The van der Waals surface area contributed by atoms with Gasteiger partial charge in [0.15, 0.2) is 5.96 Å². The molecule has 2 rings (SSSR count). The molecule has 1 aliphatic heterocycles. The third kappa shape index (κ3) is 7.36. The topological polar surface area (TPSA) is 48.9 Å². The van der Waals surface area contributed by atoms with E-state index in [9.17, 15) is 0 Å². The van der Waals surface area contributed by atoms with E-state index in [2.05, 4.69) is 65.6 Å². The van der Waals surface area contributed by atoms with E-state index < -0.39 is 0 Å². The van der Waals surface area contributed by atoms with Crippen LogP contribution >= 0.6 is 24.0 Å². The predicted octanol–water partition coefficient (Wildman–Crippen LogP) is 2.60. The van der Waals surface area contributed by atoms with Crippen LogP contribution in [-0.4, -0.2) is 49.7 Å². The van der Waals surface area contributed by atoms with Crippen LogP contribution in [0.2, 0.25) is 0 Å². The average Bonchev–Trinajstić information content (AvgIpc) is 2.52. The molecule has 1 fully saturated rings. The summed E-state index contributed by atoms with van der Waals surface area (Å²) in [4.78, 5) is 6.75. The molecule has 6 heteroatoms. The van der Waals surface area contributed by atoms with E-state index in [0.717, 1.165) is 45.4 Å². The highest BCUT2D eigenvalue weighted by Gasteiger charge is 2.14. The van der Waals surface area contributed by atoms with Crippen LogP contribution in [0.1, 0.15) is 31.9 Å². The summed E-state index contributed by atoms with van der Waals surface area (Å²) in [6.45, 7) is 11.8. The molecule has 0 atom stereocenters. The second-order valence-electron chi connectivity index (χ2n) is 6.96. The molecule has 0 aromatic heterocycles. The molecule has 0 unspecified atom stereocenters. The zero-order valence-corrected chi connectivity index (χ0v) is 17.6. The van der Waals surface area contributed by atoms with Crippen LogP contribution in [0.5, 0.6) is 0 Å². The fourth-order valence-electron chi connectivity index (χ4n) is 2.60. The minimum atomic E-state index is -0.00480. The maximum Gasteiger partial charge on any atom is 0.191 e. The molecule has 5 nitrogen and oxygen atoms in total. The van der Waals surface area contributed by atoms with E-state index in [4.69, 9.17) is 4.74 Å². The molecule has 136 valence electrons. The van der Waals surface area contributed by atoms with Crippen molar-refractivity contribution in [1.29, 1.82) is 0 Å². The van der Waals surface area contributed by atoms with Gasteiger partial charge in [-0.15, -0.1) is 24.0 Å². The average molecular weight is 446 g/mol. The first kappa shape index (κ1) is 21.2. The van der Waals surface area contributed by atoms with Gasteiger partial charge in [-0.25, -0.2) is 0 Å². The van der Waals surface area contributed by atoms with Gasteiger partial charge in [-0.3, -0.25) is 9.89 Å². The number of rotatable bonds is 4. The zero-order valence-electron chi connectivity index (χ0n) is 15.3. The Labute approximate surface area is 163 Å². The van der Waals surface area contributed by atoms with Gasteiger partial charge < -0.3 is 15.4 Å². The Balaban J connectivity index is 0.00000288. The number of aliphatic imine (C=N–C) groups is 1. The Kier molecular flexibility index (Phi) is 9.01. The van der Waals surface area contributed by atoms with Gasteiger partial charge in [-0.1, -0.05) is 24.3 Å². The first-order valence-corrected chi connectivity index (χ1v) is 8.33. The second kappa shape index (κ2) is 10.2. The number of ether oxygens (including phenoxy) is 1. The standard InChI is InChI=1S/C18H30N4O.HI/c1-18(2,3)21-17(19-4)20-13-15-7-5-6-8-16(15)14-22-9-11-23-12-10-22;/h5-8H,9-14H2,1-4H3,(H2,19,20,21);1H.